The Morgan fingerprint density at radius 3 is 2.68 bits per heavy atom. The molecule has 3 heteroatoms. The van der Waals surface area contributed by atoms with Gasteiger partial charge in [0.1, 0.15) is 18.0 Å². The Kier molecular flexibility index (Phi) is 4.83. The summed E-state index contributed by atoms with van der Waals surface area (Å²) in [5, 5.41) is 3.50. The molecule has 3 unspecified atom stereocenters. The van der Waals surface area contributed by atoms with Crippen LogP contribution in [0.5, 0.6) is 5.75 Å². The molecule has 0 aromatic heterocycles. The van der Waals surface area contributed by atoms with Gasteiger partial charge in [-0.1, -0.05) is 13.0 Å². The van der Waals surface area contributed by atoms with Crippen molar-refractivity contribution in [1.29, 1.82) is 0 Å². The number of hydrogen-bond donors (Lipinski definition) is 1. The molecule has 3 nitrogen and oxygen atoms in total. The van der Waals surface area contributed by atoms with E-state index in [9.17, 15) is 0 Å². The van der Waals surface area contributed by atoms with Crippen LogP contribution in [-0.4, -0.2) is 31.9 Å². The van der Waals surface area contributed by atoms with E-state index in [4.69, 9.17) is 9.47 Å². The highest BCUT2D eigenvalue weighted by Crippen LogP contribution is 2.29. The molecule has 1 aromatic carbocycles. The van der Waals surface area contributed by atoms with E-state index in [0.29, 0.717) is 6.04 Å². The zero-order valence-corrected chi connectivity index (χ0v) is 12.4. The fraction of sp³-hybridized carbons (Fsp3) is 0.625. The van der Waals surface area contributed by atoms with E-state index in [1.54, 1.807) is 7.11 Å². The Labute approximate surface area is 116 Å². The van der Waals surface area contributed by atoms with Crippen LogP contribution in [0.3, 0.4) is 0 Å². The van der Waals surface area contributed by atoms with Crippen LogP contribution in [0.4, 0.5) is 0 Å². The molecule has 106 valence electrons. The normalized spacial score (nSPS) is 26.0. The summed E-state index contributed by atoms with van der Waals surface area (Å²) in [4.78, 5) is 0. The quantitative estimate of drug-likeness (QED) is 0.856. The van der Waals surface area contributed by atoms with Crippen molar-refractivity contribution >= 4 is 0 Å². The highest BCUT2D eigenvalue weighted by atomic mass is 16.5. The molecule has 1 N–H and O–H groups in total. The van der Waals surface area contributed by atoms with Gasteiger partial charge >= 0.3 is 0 Å². The lowest BCUT2D eigenvalue weighted by Gasteiger charge is -2.43. The van der Waals surface area contributed by atoms with Crippen molar-refractivity contribution in [2.24, 2.45) is 0 Å². The van der Waals surface area contributed by atoms with Crippen LogP contribution in [0.2, 0.25) is 0 Å². The van der Waals surface area contributed by atoms with Gasteiger partial charge in [0.2, 0.25) is 0 Å². The average Bonchev–Trinajstić information content (AvgIpc) is 2.37. The van der Waals surface area contributed by atoms with Crippen molar-refractivity contribution in [2.45, 2.75) is 51.9 Å². The summed E-state index contributed by atoms with van der Waals surface area (Å²) in [7, 11) is 1.77. The highest BCUT2D eigenvalue weighted by molar-refractivity contribution is 5.34. The van der Waals surface area contributed by atoms with Crippen molar-refractivity contribution in [2.75, 3.05) is 13.7 Å². The molecular weight excluding hydrogens is 238 g/mol. The van der Waals surface area contributed by atoms with Gasteiger partial charge in [0.15, 0.2) is 0 Å². The largest absolute Gasteiger partial charge is 0.488 e. The zero-order chi connectivity index (χ0) is 13.8. The van der Waals surface area contributed by atoms with Crippen molar-refractivity contribution < 1.29 is 9.47 Å². The maximum Gasteiger partial charge on any atom is 0.128 e. The van der Waals surface area contributed by atoms with Crippen LogP contribution in [-0.2, 0) is 4.74 Å². The lowest BCUT2D eigenvalue weighted by molar-refractivity contribution is -0.0887. The molecule has 1 saturated carbocycles. The lowest BCUT2D eigenvalue weighted by atomic mass is 9.85. The second kappa shape index (κ2) is 6.40. The number of methoxy groups -OCH3 is 1. The van der Waals surface area contributed by atoms with Gasteiger partial charge in [-0.2, -0.15) is 0 Å². The average molecular weight is 263 g/mol. The summed E-state index contributed by atoms with van der Waals surface area (Å²) in [5.41, 5.74) is 2.57. The van der Waals surface area contributed by atoms with Crippen LogP contribution < -0.4 is 10.1 Å². The van der Waals surface area contributed by atoms with Crippen LogP contribution in [0.1, 0.15) is 30.9 Å². The maximum absolute atomic E-state index is 6.03. The Hall–Kier alpha value is -1.06. The van der Waals surface area contributed by atoms with E-state index in [1.165, 1.54) is 11.1 Å². The molecule has 1 fully saturated rings. The van der Waals surface area contributed by atoms with E-state index >= 15 is 0 Å². The topological polar surface area (TPSA) is 30.5 Å². The molecule has 0 amide bonds. The minimum absolute atomic E-state index is 0.160. The van der Waals surface area contributed by atoms with Crippen molar-refractivity contribution in [1.82, 2.24) is 5.32 Å². The molecule has 1 aromatic rings. The van der Waals surface area contributed by atoms with Gasteiger partial charge in [0, 0.05) is 19.6 Å². The standard InChI is InChI=1S/C16H25NO2/c1-5-8-17-14-10-15(16(14)18-4)19-13-7-6-11(2)12(3)9-13/h6-7,9,14-17H,5,8,10H2,1-4H3. The van der Waals surface area contributed by atoms with E-state index in [2.05, 4.69) is 38.2 Å². The number of aryl methyl sites for hydroxylation is 2. The van der Waals surface area contributed by atoms with Crippen LogP contribution in [0.15, 0.2) is 18.2 Å². The van der Waals surface area contributed by atoms with Crippen molar-refractivity contribution in [3.05, 3.63) is 29.3 Å². The van der Waals surface area contributed by atoms with Crippen LogP contribution >= 0.6 is 0 Å². The molecule has 0 saturated heterocycles. The fourth-order valence-electron chi connectivity index (χ4n) is 2.50. The Morgan fingerprint density at radius 1 is 1.26 bits per heavy atom. The molecule has 1 aliphatic rings. The number of benzene rings is 1. The smallest absolute Gasteiger partial charge is 0.128 e. The van der Waals surface area contributed by atoms with E-state index in [-0.39, 0.29) is 12.2 Å². The summed E-state index contributed by atoms with van der Waals surface area (Å²) in [6.07, 6.45) is 2.50. The lowest BCUT2D eigenvalue weighted by Crippen LogP contribution is -2.61. The summed E-state index contributed by atoms with van der Waals surface area (Å²) >= 11 is 0. The first-order chi connectivity index (χ1) is 9.15. The van der Waals surface area contributed by atoms with Gasteiger partial charge in [0.05, 0.1) is 0 Å². The van der Waals surface area contributed by atoms with Crippen molar-refractivity contribution in [3.63, 3.8) is 0 Å². The predicted molar refractivity (Wildman–Crippen MR) is 77.8 cm³/mol. The minimum Gasteiger partial charge on any atom is -0.488 e. The second-order valence-corrected chi connectivity index (χ2v) is 5.40. The highest BCUT2D eigenvalue weighted by Gasteiger charge is 2.42. The number of nitrogens with one attached hydrogen (secondary N) is 1. The monoisotopic (exact) mass is 263 g/mol. The predicted octanol–water partition coefficient (Wildman–Crippen LogP) is 2.84. The third-order valence-electron chi connectivity index (χ3n) is 3.94. The van der Waals surface area contributed by atoms with Gasteiger partial charge in [0.25, 0.3) is 0 Å². The molecule has 0 bridgehead atoms. The van der Waals surface area contributed by atoms with Crippen LogP contribution in [0, 0.1) is 13.8 Å². The van der Waals surface area contributed by atoms with Gasteiger partial charge in [-0.3, -0.25) is 0 Å². The molecule has 1 aliphatic carbocycles. The molecule has 0 aliphatic heterocycles. The molecule has 2 rings (SSSR count). The third kappa shape index (κ3) is 3.28. The molecule has 0 spiro atoms. The molecule has 3 atom stereocenters. The first-order valence-electron chi connectivity index (χ1n) is 7.15. The minimum atomic E-state index is 0.160. The summed E-state index contributed by atoms with van der Waals surface area (Å²) in [6, 6.07) is 6.69. The first-order valence-corrected chi connectivity index (χ1v) is 7.15. The summed E-state index contributed by atoms with van der Waals surface area (Å²) in [5.74, 6) is 0.948. The van der Waals surface area contributed by atoms with E-state index in [1.807, 2.05) is 6.07 Å². The summed E-state index contributed by atoms with van der Waals surface area (Å²) in [6.45, 7) is 7.45. The van der Waals surface area contributed by atoms with Crippen LogP contribution in [0.25, 0.3) is 0 Å². The van der Waals surface area contributed by atoms with Gasteiger partial charge < -0.3 is 14.8 Å². The van der Waals surface area contributed by atoms with E-state index < -0.39 is 0 Å². The second-order valence-electron chi connectivity index (χ2n) is 5.40. The van der Waals surface area contributed by atoms with Gasteiger partial charge in [-0.25, -0.2) is 0 Å². The number of rotatable bonds is 6. The number of ether oxygens (including phenoxy) is 2. The molecule has 19 heavy (non-hydrogen) atoms. The number of hydrogen-bond acceptors (Lipinski definition) is 3. The molecule has 0 heterocycles. The maximum atomic E-state index is 6.03. The first kappa shape index (κ1) is 14.4. The Morgan fingerprint density at radius 2 is 2.05 bits per heavy atom. The molecule has 0 radical (unpaired) electrons. The Bertz CT molecular complexity index is 419. The SMILES string of the molecule is CCCNC1CC(Oc2ccc(C)c(C)c2)C1OC. The van der Waals surface area contributed by atoms with Gasteiger partial charge in [-0.05, 0) is 50.1 Å². The molecular formula is C16H25NO2. The van der Waals surface area contributed by atoms with Crippen molar-refractivity contribution in [3.8, 4) is 5.75 Å². The van der Waals surface area contributed by atoms with E-state index in [0.717, 1.165) is 25.1 Å². The summed E-state index contributed by atoms with van der Waals surface area (Å²) < 4.78 is 11.6. The fourth-order valence-corrected chi connectivity index (χ4v) is 2.50. The van der Waals surface area contributed by atoms with Gasteiger partial charge in [-0.15, -0.1) is 0 Å². The third-order valence-corrected chi connectivity index (χ3v) is 3.94. The zero-order valence-electron chi connectivity index (χ0n) is 12.4. The Balaban J connectivity index is 1.91.